The SMILES string of the molecule is Cc1nc(C(=O)N[C@@H]2CC[C@H](NC(=O)C3OCCc4ccccc43)C2)c(C)o1. The van der Waals surface area contributed by atoms with Gasteiger partial charge in [0.05, 0.1) is 6.61 Å². The predicted molar refractivity (Wildman–Crippen MR) is 102 cm³/mol. The van der Waals surface area contributed by atoms with Crippen LogP contribution in [-0.2, 0) is 16.0 Å². The lowest BCUT2D eigenvalue weighted by Gasteiger charge is -2.26. The molecular formula is C21H25N3O4. The van der Waals surface area contributed by atoms with Crippen LogP contribution in [0.4, 0.5) is 0 Å². The number of carbonyl (C=O) groups excluding carboxylic acids is 2. The zero-order valence-corrected chi connectivity index (χ0v) is 16.2. The lowest BCUT2D eigenvalue weighted by atomic mass is 9.97. The first-order valence-electron chi connectivity index (χ1n) is 9.76. The number of nitrogens with one attached hydrogen (secondary N) is 2. The summed E-state index contributed by atoms with van der Waals surface area (Å²) in [6, 6.07) is 7.96. The molecule has 7 heteroatoms. The quantitative estimate of drug-likeness (QED) is 0.845. The van der Waals surface area contributed by atoms with E-state index >= 15 is 0 Å². The van der Waals surface area contributed by atoms with Crippen LogP contribution in [0, 0.1) is 13.8 Å². The molecule has 0 saturated heterocycles. The van der Waals surface area contributed by atoms with Gasteiger partial charge < -0.3 is 19.8 Å². The molecule has 2 aromatic rings. The molecule has 0 spiro atoms. The third-order valence-corrected chi connectivity index (χ3v) is 5.46. The first-order valence-corrected chi connectivity index (χ1v) is 9.76. The molecular weight excluding hydrogens is 358 g/mol. The minimum absolute atomic E-state index is 0.00812. The van der Waals surface area contributed by atoms with Gasteiger partial charge in [-0.05, 0) is 43.7 Å². The van der Waals surface area contributed by atoms with Crippen molar-refractivity contribution in [1.82, 2.24) is 15.6 Å². The molecule has 2 aliphatic rings. The van der Waals surface area contributed by atoms with Crippen LogP contribution in [0.5, 0.6) is 0 Å². The largest absolute Gasteiger partial charge is 0.445 e. The lowest BCUT2D eigenvalue weighted by Crippen LogP contribution is -2.40. The minimum Gasteiger partial charge on any atom is -0.445 e. The summed E-state index contributed by atoms with van der Waals surface area (Å²) in [4.78, 5) is 29.3. The van der Waals surface area contributed by atoms with Crippen molar-refractivity contribution in [3.63, 3.8) is 0 Å². The van der Waals surface area contributed by atoms with Crippen molar-refractivity contribution in [3.05, 3.63) is 52.7 Å². The zero-order chi connectivity index (χ0) is 19.7. The van der Waals surface area contributed by atoms with Crippen molar-refractivity contribution in [1.29, 1.82) is 0 Å². The summed E-state index contributed by atoms with van der Waals surface area (Å²) in [6.45, 7) is 4.00. The van der Waals surface area contributed by atoms with Gasteiger partial charge in [-0.1, -0.05) is 24.3 Å². The van der Waals surface area contributed by atoms with Gasteiger partial charge in [0.15, 0.2) is 17.7 Å². The Kier molecular flexibility index (Phi) is 5.17. The van der Waals surface area contributed by atoms with E-state index in [1.807, 2.05) is 24.3 Å². The number of hydrogen-bond donors (Lipinski definition) is 2. The monoisotopic (exact) mass is 383 g/mol. The highest BCUT2D eigenvalue weighted by Gasteiger charge is 2.32. The first-order chi connectivity index (χ1) is 13.5. The number of aryl methyl sites for hydroxylation is 2. The van der Waals surface area contributed by atoms with Crippen LogP contribution in [0.2, 0.25) is 0 Å². The average Bonchev–Trinajstić information content (AvgIpc) is 3.26. The topological polar surface area (TPSA) is 93.5 Å². The van der Waals surface area contributed by atoms with Gasteiger partial charge in [0.2, 0.25) is 0 Å². The van der Waals surface area contributed by atoms with Gasteiger partial charge >= 0.3 is 0 Å². The number of ether oxygens (including phenoxy) is 1. The molecule has 1 unspecified atom stereocenters. The lowest BCUT2D eigenvalue weighted by molar-refractivity contribution is -0.134. The highest BCUT2D eigenvalue weighted by Crippen LogP contribution is 2.28. The van der Waals surface area contributed by atoms with E-state index in [-0.39, 0.29) is 23.9 Å². The van der Waals surface area contributed by atoms with Crippen molar-refractivity contribution >= 4 is 11.8 Å². The Labute approximate surface area is 163 Å². The maximum Gasteiger partial charge on any atom is 0.273 e. The smallest absolute Gasteiger partial charge is 0.273 e. The van der Waals surface area contributed by atoms with Gasteiger partial charge in [0.25, 0.3) is 11.8 Å². The fourth-order valence-electron chi connectivity index (χ4n) is 4.12. The van der Waals surface area contributed by atoms with Crippen LogP contribution in [-0.4, -0.2) is 35.5 Å². The number of oxazole rings is 1. The molecule has 1 aliphatic carbocycles. The van der Waals surface area contributed by atoms with Gasteiger partial charge in [0.1, 0.15) is 5.76 Å². The zero-order valence-electron chi connectivity index (χ0n) is 16.2. The molecule has 0 radical (unpaired) electrons. The Morgan fingerprint density at radius 1 is 1.11 bits per heavy atom. The van der Waals surface area contributed by atoms with E-state index in [1.54, 1.807) is 13.8 Å². The Hall–Kier alpha value is -2.67. The number of benzene rings is 1. The number of hydrogen-bond acceptors (Lipinski definition) is 5. The maximum atomic E-state index is 12.8. The van der Waals surface area contributed by atoms with Crippen molar-refractivity contribution < 1.29 is 18.7 Å². The number of amides is 2. The van der Waals surface area contributed by atoms with Crippen LogP contribution >= 0.6 is 0 Å². The molecule has 1 fully saturated rings. The molecule has 0 bridgehead atoms. The van der Waals surface area contributed by atoms with Gasteiger partial charge in [-0.25, -0.2) is 4.98 Å². The second kappa shape index (κ2) is 7.75. The number of aromatic nitrogens is 1. The van der Waals surface area contributed by atoms with Gasteiger partial charge in [-0.3, -0.25) is 9.59 Å². The van der Waals surface area contributed by atoms with E-state index in [1.165, 1.54) is 5.56 Å². The van der Waals surface area contributed by atoms with Crippen LogP contribution < -0.4 is 10.6 Å². The number of rotatable bonds is 4. The summed E-state index contributed by atoms with van der Waals surface area (Å²) in [5.74, 6) is 0.668. The Morgan fingerprint density at radius 3 is 2.61 bits per heavy atom. The average molecular weight is 383 g/mol. The second-order valence-corrected chi connectivity index (χ2v) is 7.53. The van der Waals surface area contributed by atoms with Gasteiger partial charge in [0, 0.05) is 19.0 Å². The fourth-order valence-corrected chi connectivity index (χ4v) is 4.12. The highest BCUT2D eigenvalue weighted by molar-refractivity contribution is 5.93. The molecule has 4 rings (SSSR count). The van der Waals surface area contributed by atoms with Crippen LogP contribution in [0.25, 0.3) is 0 Å². The summed E-state index contributed by atoms with van der Waals surface area (Å²) < 4.78 is 11.1. The minimum atomic E-state index is -0.556. The Morgan fingerprint density at radius 2 is 1.86 bits per heavy atom. The van der Waals surface area contributed by atoms with Crippen LogP contribution in [0.3, 0.4) is 0 Å². The van der Waals surface area contributed by atoms with E-state index in [4.69, 9.17) is 9.15 Å². The predicted octanol–water partition coefficient (Wildman–Crippen LogP) is 2.37. The van der Waals surface area contributed by atoms with Crippen molar-refractivity contribution in [3.8, 4) is 0 Å². The van der Waals surface area contributed by atoms with Gasteiger partial charge in [-0.2, -0.15) is 0 Å². The standard InChI is InChI=1S/C21H25N3O4/c1-12-18(22-13(2)28-12)20(25)23-15-7-8-16(11-15)24-21(26)19-17-6-4-3-5-14(17)9-10-27-19/h3-6,15-16,19H,7-11H2,1-2H3,(H,23,25)(H,24,26)/t15-,16+,19?/m1/s1. The van der Waals surface area contributed by atoms with E-state index in [0.717, 1.165) is 24.8 Å². The fraction of sp³-hybridized carbons (Fsp3) is 0.476. The van der Waals surface area contributed by atoms with E-state index in [9.17, 15) is 9.59 Å². The normalized spacial score (nSPS) is 23.9. The summed E-state index contributed by atoms with van der Waals surface area (Å²) in [5, 5.41) is 6.10. The van der Waals surface area contributed by atoms with Crippen molar-refractivity contribution in [2.45, 2.75) is 57.7 Å². The molecule has 1 aliphatic heterocycles. The molecule has 148 valence electrons. The molecule has 28 heavy (non-hydrogen) atoms. The Bertz CT molecular complexity index is 892. The Balaban J connectivity index is 1.33. The summed E-state index contributed by atoms with van der Waals surface area (Å²) in [5.41, 5.74) is 2.45. The van der Waals surface area contributed by atoms with Crippen molar-refractivity contribution in [2.24, 2.45) is 0 Å². The van der Waals surface area contributed by atoms with E-state index in [2.05, 4.69) is 15.6 Å². The highest BCUT2D eigenvalue weighted by atomic mass is 16.5. The van der Waals surface area contributed by atoms with E-state index < -0.39 is 6.10 Å². The summed E-state index contributed by atoms with van der Waals surface area (Å²) in [7, 11) is 0. The second-order valence-electron chi connectivity index (χ2n) is 7.53. The number of nitrogens with zero attached hydrogens (tertiary/aromatic N) is 1. The molecule has 2 N–H and O–H groups in total. The molecule has 1 aromatic carbocycles. The summed E-state index contributed by atoms with van der Waals surface area (Å²) >= 11 is 0. The van der Waals surface area contributed by atoms with Crippen molar-refractivity contribution in [2.75, 3.05) is 6.61 Å². The molecule has 2 heterocycles. The van der Waals surface area contributed by atoms with Crippen LogP contribution in [0.1, 0.15) is 58.6 Å². The third-order valence-electron chi connectivity index (χ3n) is 5.46. The molecule has 7 nitrogen and oxygen atoms in total. The third kappa shape index (κ3) is 3.80. The number of carbonyl (C=O) groups is 2. The maximum absolute atomic E-state index is 12.8. The van der Waals surface area contributed by atoms with Gasteiger partial charge in [-0.15, -0.1) is 0 Å². The number of fused-ring (bicyclic) bond motifs is 1. The van der Waals surface area contributed by atoms with E-state index in [0.29, 0.717) is 30.4 Å². The molecule has 1 saturated carbocycles. The summed E-state index contributed by atoms with van der Waals surface area (Å²) in [6.07, 6.45) is 2.61. The first kappa shape index (κ1) is 18.7. The molecule has 2 amide bonds. The van der Waals surface area contributed by atoms with Crippen LogP contribution in [0.15, 0.2) is 28.7 Å². The molecule has 1 aromatic heterocycles. The molecule has 3 atom stereocenters.